The molecule has 1 unspecified atom stereocenters. The zero-order chi connectivity index (χ0) is 26.1. The Kier molecular flexibility index (Phi) is 6.48. The van der Waals surface area contributed by atoms with Crippen LogP contribution in [-0.4, -0.2) is 41.7 Å². The minimum Gasteiger partial charge on any atom is -0.507 e. The van der Waals surface area contributed by atoms with Crippen molar-refractivity contribution in [2.45, 2.75) is 32.5 Å². The predicted octanol–water partition coefficient (Wildman–Crippen LogP) is 4.83. The second kappa shape index (κ2) is 9.89. The molecular formula is C29H27NO7. The first-order valence-corrected chi connectivity index (χ1v) is 11.9. The molecule has 0 radical (unpaired) electrons. The van der Waals surface area contributed by atoms with Crippen molar-refractivity contribution in [1.29, 1.82) is 0 Å². The number of rotatable bonds is 7. The Morgan fingerprint density at radius 3 is 2.49 bits per heavy atom. The van der Waals surface area contributed by atoms with Crippen LogP contribution in [-0.2, 0) is 16.1 Å². The standard InChI is InChI=1S/C29H27NO7/c1-17(2)37-22-6-4-5-19(13-22)26-25(27(31)20-9-12-23-24(14-20)36-16-35-23)28(32)29(33)30(26)15-18-7-10-21(34-3)11-8-18/h4-14,17,26,31H,15-16H2,1-3H3/b27-25-. The molecule has 5 rings (SSSR count). The van der Waals surface area contributed by atoms with Crippen LogP contribution in [0.4, 0.5) is 0 Å². The lowest BCUT2D eigenvalue weighted by Gasteiger charge is -2.26. The lowest BCUT2D eigenvalue weighted by Crippen LogP contribution is -2.29. The molecule has 37 heavy (non-hydrogen) atoms. The molecule has 3 aromatic rings. The summed E-state index contributed by atoms with van der Waals surface area (Å²) in [5.41, 5.74) is 1.81. The number of hydrogen-bond acceptors (Lipinski definition) is 7. The Balaban J connectivity index is 1.61. The lowest BCUT2D eigenvalue weighted by molar-refractivity contribution is -0.140. The van der Waals surface area contributed by atoms with Gasteiger partial charge in [0.05, 0.1) is 24.8 Å². The number of methoxy groups -OCH3 is 1. The Morgan fingerprint density at radius 2 is 1.76 bits per heavy atom. The molecule has 1 saturated heterocycles. The van der Waals surface area contributed by atoms with E-state index in [2.05, 4.69) is 0 Å². The maximum atomic E-state index is 13.4. The number of fused-ring (bicyclic) bond motifs is 1. The maximum Gasteiger partial charge on any atom is 0.295 e. The third kappa shape index (κ3) is 4.70. The largest absolute Gasteiger partial charge is 0.507 e. The summed E-state index contributed by atoms with van der Waals surface area (Å²) >= 11 is 0. The molecule has 1 fully saturated rings. The number of aliphatic hydroxyl groups is 1. The Morgan fingerprint density at radius 1 is 1.00 bits per heavy atom. The first kappa shape index (κ1) is 24.2. The molecule has 0 saturated carbocycles. The van der Waals surface area contributed by atoms with Gasteiger partial charge in [0.25, 0.3) is 11.7 Å². The summed E-state index contributed by atoms with van der Waals surface area (Å²) in [4.78, 5) is 28.2. The van der Waals surface area contributed by atoms with Crippen LogP contribution in [0.3, 0.4) is 0 Å². The van der Waals surface area contributed by atoms with E-state index in [4.69, 9.17) is 18.9 Å². The molecule has 0 aromatic heterocycles. The monoisotopic (exact) mass is 501 g/mol. The summed E-state index contributed by atoms with van der Waals surface area (Å²) < 4.78 is 21.9. The molecular weight excluding hydrogens is 474 g/mol. The van der Waals surface area contributed by atoms with Gasteiger partial charge in [-0.05, 0) is 67.4 Å². The van der Waals surface area contributed by atoms with E-state index >= 15 is 0 Å². The van der Waals surface area contributed by atoms with Gasteiger partial charge in [-0.15, -0.1) is 0 Å². The highest BCUT2D eigenvalue weighted by Gasteiger charge is 2.46. The molecule has 8 nitrogen and oxygen atoms in total. The topological polar surface area (TPSA) is 94.5 Å². The quantitative estimate of drug-likeness (QED) is 0.281. The van der Waals surface area contributed by atoms with E-state index in [-0.39, 0.29) is 30.8 Å². The number of benzene rings is 3. The summed E-state index contributed by atoms with van der Waals surface area (Å²) in [7, 11) is 1.58. The van der Waals surface area contributed by atoms with E-state index < -0.39 is 17.7 Å². The van der Waals surface area contributed by atoms with E-state index in [1.165, 1.54) is 4.90 Å². The number of Topliss-reactive ketones (excluding diaryl/α,β-unsaturated/α-hetero) is 1. The van der Waals surface area contributed by atoms with Gasteiger partial charge in [-0.25, -0.2) is 0 Å². The van der Waals surface area contributed by atoms with Gasteiger partial charge in [0.15, 0.2) is 11.5 Å². The molecule has 2 heterocycles. The smallest absolute Gasteiger partial charge is 0.295 e. The van der Waals surface area contributed by atoms with Gasteiger partial charge in [-0.1, -0.05) is 24.3 Å². The molecule has 3 aromatic carbocycles. The van der Waals surface area contributed by atoms with Crippen LogP contribution >= 0.6 is 0 Å². The molecule has 1 atom stereocenters. The van der Waals surface area contributed by atoms with Gasteiger partial charge in [0, 0.05) is 12.1 Å². The van der Waals surface area contributed by atoms with E-state index in [0.717, 1.165) is 5.56 Å². The molecule has 1 amide bonds. The highest BCUT2D eigenvalue weighted by Crippen LogP contribution is 2.42. The highest BCUT2D eigenvalue weighted by atomic mass is 16.7. The Labute approximate surface area is 214 Å². The zero-order valence-corrected chi connectivity index (χ0v) is 20.8. The van der Waals surface area contributed by atoms with E-state index in [1.54, 1.807) is 49.6 Å². The van der Waals surface area contributed by atoms with Crippen molar-refractivity contribution in [2.75, 3.05) is 13.9 Å². The number of likely N-dealkylation sites (tertiary alicyclic amines) is 1. The highest BCUT2D eigenvalue weighted by molar-refractivity contribution is 6.46. The van der Waals surface area contributed by atoms with Gasteiger partial charge in [0.2, 0.25) is 6.79 Å². The summed E-state index contributed by atoms with van der Waals surface area (Å²) in [6.45, 7) is 4.07. The second-order valence-corrected chi connectivity index (χ2v) is 9.08. The zero-order valence-electron chi connectivity index (χ0n) is 20.8. The van der Waals surface area contributed by atoms with Crippen LogP contribution in [0.25, 0.3) is 5.76 Å². The van der Waals surface area contributed by atoms with E-state index in [9.17, 15) is 14.7 Å². The molecule has 8 heteroatoms. The Bertz CT molecular complexity index is 1380. The first-order chi connectivity index (χ1) is 17.9. The molecule has 0 spiro atoms. The summed E-state index contributed by atoms with van der Waals surface area (Å²) in [5.74, 6) is 0.553. The summed E-state index contributed by atoms with van der Waals surface area (Å²) in [6.07, 6.45) is -0.0606. The molecule has 2 aliphatic heterocycles. The SMILES string of the molecule is COc1ccc(CN2C(=O)C(=O)/C(=C(\O)c3ccc4c(c3)OCO4)C2c2cccc(OC(C)C)c2)cc1. The van der Waals surface area contributed by atoms with Crippen LogP contribution in [0.2, 0.25) is 0 Å². The third-order valence-electron chi connectivity index (χ3n) is 6.24. The third-order valence-corrected chi connectivity index (χ3v) is 6.24. The lowest BCUT2D eigenvalue weighted by atomic mass is 9.95. The van der Waals surface area contributed by atoms with Crippen LogP contribution in [0.15, 0.2) is 72.3 Å². The van der Waals surface area contributed by atoms with Crippen LogP contribution in [0, 0.1) is 0 Å². The van der Waals surface area contributed by atoms with Gasteiger partial charge < -0.3 is 29.0 Å². The number of ketones is 1. The van der Waals surface area contributed by atoms with Crippen LogP contribution < -0.4 is 18.9 Å². The number of ether oxygens (including phenoxy) is 4. The van der Waals surface area contributed by atoms with Crippen LogP contribution in [0.5, 0.6) is 23.0 Å². The molecule has 0 bridgehead atoms. The Hall–Kier alpha value is -4.46. The average Bonchev–Trinajstić information content (AvgIpc) is 3.46. The van der Waals surface area contributed by atoms with Crippen molar-refractivity contribution < 1.29 is 33.6 Å². The summed E-state index contributed by atoms with van der Waals surface area (Å²) in [6, 6.07) is 18.6. The van der Waals surface area contributed by atoms with Crippen molar-refractivity contribution in [3.8, 4) is 23.0 Å². The number of hydrogen-bond donors (Lipinski definition) is 1. The van der Waals surface area contributed by atoms with Crippen molar-refractivity contribution in [3.05, 3.63) is 89.0 Å². The first-order valence-electron chi connectivity index (χ1n) is 11.9. The van der Waals surface area contributed by atoms with Crippen LogP contribution in [0.1, 0.15) is 36.6 Å². The van der Waals surface area contributed by atoms with Crippen molar-refractivity contribution >= 4 is 17.4 Å². The van der Waals surface area contributed by atoms with Gasteiger partial charge in [-0.3, -0.25) is 9.59 Å². The molecule has 1 N–H and O–H groups in total. The average molecular weight is 502 g/mol. The fourth-order valence-corrected chi connectivity index (χ4v) is 4.55. The van der Waals surface area contributed by atoms with Gasteiger partial charge >= 0.3 is 0 Å². The predicted molar refractivity (Wildman–Crippen MR) is 136 cm³/mol. The van der Waals surface area contributed by atoms with Crippen molar-refractivity contribution in [3.63, 3.8) is 0 Å². The van der Waals surface area contributed by atoms with E-state index in [1.807, 2.05) is 38.1 Å². The number of amides is 1. The molecule has 2 aliphatic rings. The number of aliphatic hydroxyl groups excluding tert-OH is 1. The molecule has 0 aliphatic carbocycles. The van der Waals surface area contributed by atoms with Crippen molar-refractivity contribution in [2.24, 2.45) is 0 Å². The van der Waals surface area contributed by atoms with Crippen molar-refractivity contribution in [1.82, 2.24) is 4.90 Å². The minimum absolute atomic E-state index is 0.000857. The normalized spacial score (nSPS) is 17.9. The van der Waals surface area contributed by atoms with Gasteiger partial charge in [-0.2, -0.15) is 0 Å². The minimum atomic E-state index is -0.830. The fraction of sp³-hybridized carbons (Fsp3) is 0.241. The number of nitrogens with zero attached hydrogens (tertiary/aromatic N) is 1. The maximum absolute atomic E-state index is 13.4. The number of carbonyl (C=O) groups is 2. The molecule has 190 valence electrons. The summed E-state index contributed by atoms with van der Waals surface area (Å²) in [5, 5.41) is 11.4. The van der Waals surface area contributed by atoms with Gasteiger partial charge in [0.1, 0.15) is 17.3 Å². The van der Waals surface area contributed by atoms with E-state index in [0.29, 0.717) is 34.1 Å². The fourth-order valence-electron chi connectivity index (χ4n) is 4.55. The second-order valence-electron chi connectivity index (χ2n) is 9.08. The number of carbonyl (C=O) groups excluding carboxylic acids is 2.